The fourth-order valence-electron chi connectivity index (χ4n) is 1.26. The standard InChI is InChI=1S/C14H18O4/c1-12(15)7-8-13-5-3-4-6-14(13)18-11-17-10-9-16-2/h3-8H,9-11H2,1-2H3. The summed E-state index contributed by atoms with van der Waals surface area (Å²) in [7, 11) is 1.62. The molecule has 0 saturated heterocycles. The fraction of sp³-hybridized carbons (Fsp3) is 0.357. The zero-order valence-corrected chi connectivity index (χ0v) is 10.7. The molecule has 4 heteroatoms. The highest BCUT2D eigenvalue weighted by Gasteiger charge is 1.99. The second kappa shape index (κ2) is 8.44. The van der Waals surface area contributed by atoms with E-state index in [9.17, 15) is 4.79 Å². The first-order valence-corrected chi connectivity index (χ1v) is 5.71. The topological polar surface area (TPSA) is 44.8 Å². The summed E-state index contributed by atoms with van der Waals surface area (Å²) in [6.45, 7) is 2.69. The summed E-state index contributed by atoms with van der Waals surface area (Å²) in [6.07, 6.45) is 3.24. The Labute approximate surface area is 107 Å². The number of para-hydroxylation sites is 1. The number of ketones is 1. The molecular weight excluding hydrogens is 232 g/mol. The minimum atomic E-state index is 0.00106. The van der Waals surface area contributed by atoms with Gasteiger partial charge in [0, 0.05) is 12.7 Å². The van der Waals surface area contributed by atoms with Crippen LogP contribution in [0.4, 0.5) is 0 Å². The van der Waals surface area contributed by atoms with Crippen LogP contribution in [-0.4, -0.2) is 32.9 Å². The highest BCUT2D eigenvalue weighted by atomic mass is 16.7. The smallest absolute Gasteiger partial charge is 0.189 e. The molecule has 1 aromatic carbocycles. The van der Waals surface area contributed by atoms with E-state index < -0.39 is 0 Å². The Kier molecular flexibility index (Phi) is 6.76. The molecule has 18 heavy (non-hydrogen) atoms. The van der Waals surface area contributed by atoms with Gasteiger partial charge in [-0.2, -0.15) is 0 Å². The summed E-state index contributed by atoms with van der Waals surface area (Å²) in [5.41, 5.74) is 0.850. The average molecular weight is 250 g/mol. The number of benzene rings is 1. The van der Waals surface area contributed by atoms with Crippen LogP contribution in [0.2, 0.25) is 0 Å². The fourth-order valence-corrected chi connectivity index (χ4v) is 1.26. The lowest BCUT2D eigenvalue weighted by atomic mass is 10.2. The molecule has 0 aliphatic heterocycles. The maximum atomic E-state index is 10.9. The number of carbonyl (C=O) groups is 1. The van der Waals surface area contributed by atoms with Gasteiger partial charge >= 0.3 is 0 Å². The van der Waals surface area contributed by atoms with Crippen LogP contribution >= 0.6 is 0 Å². The summed E-state index contributed by atoms with van der Waals surface area (Å²) < 4.78 is 15.5. The van der Waals surface area contributed by atoms with Crippen molar-refractivity contribution >= 4 is 11.9 Å². The molecule has 98 valence electrons. The molecule has 0 aliphatic carbocycles. The molecule has 0 atom stereocenters. The molecule has 0 aromatic heterocycles. The highest BCUT2D eigenvalue weighted by Crippen LogP contribution is 2.19. The SMILES string of the molecule is COCCOCOc1ccccc1C=CC(C)=O. The van der Waals surface area contributed by atoms with E-state index in [-0.39, 0.29) is 12.6 Å². The molecule has 0 bridgehead atoms. The van der Waals surface area contributed by atoms with E-state index in [0.29, 0.717) is 19.0 Å². The van der Waals surface area contributed by atoms with Crippen LogP contribution < -0.4 is 4.74 Å². The van der Waals surface area contributed by atoms with Crippen molar-refractivity contribution in [1.82, 2.24) is 0 Å². The summed E-state index contributed by atoms with van der Waals surface area (Å²) in [4.78, 5) is 10.9. The predicted octanol–water partition coefficient (Wildman–Crippen LogP) is 2.29. The van der Waals surface area contributed by atoms with E-state index in [0.717, 1.165) is 5.56 Å². The van der Waals surface area contributed by atoms with Gasteiger partial charge in [0.15, 0.2) is 12.6 Å². The van der Waals surface area contributed by atoms with Crippen molar-refractivity contribution in [2.45, 2.75) is 6.92 Å². The van der Waals surface area contributed by atoms with Crippen molar-refractivity contribution in [3.05, 3.63) is 35.9 Å². The first kappa shape index (κ1) is 14.4. The van der Waals surface area contributed by atoms with Crippen LogP contribution in [-0.2, 0) is 14.3 Å². The maximum absolute atomic E-state index is 10.9. The van der Waals surface area contributed by atoms with Crippen molar-refractivity contribution in [2.24, 2.45) is 0 Å². The van der Waals surface area contributed by atoms with Crippen molar-refractivity contribution in [1.29, 1.82) is 0 Å². The van der Waals surface area contributed by atoms with E-state index >= 15 is 0 Å². The van der Waals surface area contributed by atoms with Crippen molar-refractivity contribution < 1.29 is 19.0 Å². The number of methoxy groups -OCH3 is 1. The van der Waals surface area contributed by atoms with E-state index in [2.05, 4.69) is 0 Å². The third kappa shape index (κ3) is 5.61. The number of carbonyl (C=O) groups excluding carboxylic acids is 1. The van der Waals surface area contributed by atoms with Gasteiger partial charge in [-0.15, -0.1) is 0 Å². The number of hydrogen-bond donors (Lipinski definition) is 0. The average Bonchev–Trinajstić information content (AvgIpc) is 2.37. The van der Waals surface area contributed by atoms with Gasteiger partial charge in [0.25, 0.3) is 0 Å². The van der Waals surface area contributed by atoms with Gasteiger partial charge in [0.1, 0.15) is 5.75 Å². The minimum absolute atomic E-state index is 0.00106. The van der Waals surface area contributed by atoms with Gasteiger partial charge in [-0.25, -0.2) is 0 Å². The Hall–Kier alpha value is -1.65. The van der Waals surface area contributed by atoms with Crippen LogP contribution in [0.1, 0.15) is 12.5 Å². The van der Waals surface area contributed by atoms with Crippen molar-refractivity contribution in [3.63, 3.8) is 0 Å². The van der Waals surface area contributed by atoms with E-state index in [1.54, 1.807) is 13.2 Å². The number of ether oxygens (including phenoxy) is 3. The minimum Gasteiger partial charge on any atom is -0.467 e. The largest absolute Gasteiger partial charge is 0.467 e. The Morgan fingerprint density at radius 2 is 2.06 bits per heavy atom. The number of hydrogen-bond acceptors (Lipinski definition) is 4. The molecule has 0 radical (unpaired) electrons. The number of rotatable bonds is 8. The molecule has 0 amide bonds. The van der Waals surface area contributed by atoms with Crippen LogP contribution in [0.15, 0.2) is 30.3 Å². The highest BCUT2D eigenvalue weighted by molar-refractivity contribution is 5.91. The third-order valence-electron chi connectivity index (χ3n) is 2.15. The lowest BCUT2D eigenvalue weighted by Crippen LogP contribution is -2.08. The molecule has 1 aromatic rings. The summed E-state index contributed by atoms with van der Waals surface area (Å²) in [6, 6.07) is 7.47. The molecule has 4 nitrogen and oxygen atoms in total. The second-order valence-electron chi connectivity index (χ2n) is 3.65. The molecule has 0 aliphatic rings. The Bertz CT molecular complexity index is 399. The first-order chi connectivity index (χ1) is 8.74. The molecular formula is C14H18O4. The molecule has 1 rings (SSSR count). The van der Waals surface area contributed by atoms with Gasteiger partial charge in [0.05, 0.1) is 13.2 Å². The van der Waals surface area contributed by atoms with Crippen molar-refractivity contribution in [2.75, 3.05) is 27.1 Å². The van der Waals surface area contributed by atoms with Gasteiger partial charge in [-0.05, 0) is 25.1 Å². The maximum Gasteiger partial charge on any atom is 0.189 e. The molecule has 0 unspecified atom stereocenters. The third-order valence-corrected chi connectivity index (χ3v) is 2.15. The number of allylic oxidation sites excluding steroid dienone is 1. The molecule has 0 saturated carbocycles. The zero-order valence-electron chi connectivity index (χ0n) is 10.7. The van der Waals surface area contributed by atoms with Crippen LogP contribution in [0.25, 0.3) is 6.08 Å². The quantitative estimate of drug-likeness (QED) is 0.403. The van der Waals surface area contributed by atoms with E-state index in [4.69, 9.17) is 14.2 Å². The van der Waals surface area contributed by atoms with Gasteiger partial charge in [-0.3, -0.25) is 4.79 Å². The lowest BCUT2D eigenvalue weighted by Gasteiger charge is -2.09. The Morgan fingerprint density at radius 1 is 1.28 bits per heavy atom. The molecule has 0 N–H and O–H groups in total. The lowest BCUT2D eigenvalue weighted by molar-refractivity contribution is -0.112. The molecule has 0 spiro atoms. The van der Waals surface area contributed by atoms with Crippen LogP contribution in [0, 0.1) is 0 Å². The Balaban J connectivity index is 2.51. The summed E-state index contributed by atoms with van der Waals surface area (Å²) in [5.74, 6) is 0.688. The van der Waals surface area contributed by atoms with Crippen LogP contribution in [0.3, 0.4) is 0 Å². The van der Waals surface area contributed by atoms with Gasteiger partial charge in [-0.1, -0.05) is 18.2 Å². The van der Waals surface area contributed by atoms with Gasteiger partial charge < -0.3 is 14.2 Å². The zero-order chi connectivity index (χ0) is 13.2. The Morgan fingerprint density at radius 3 is 2.78 bits per heavy atom. The van der Waals surface area contributed by atoms with E-state index in [1.807, 2.05) is 24.3 Å². The monoisotopic (exact) mass is 250 g/mol. The van der Waals surface area contributed by atoms with Crippen LogP contribution in [0.5, 0.6) is 5.75 Å². The molecule has 0 heterocycles. The van der Waals surface area contributed by atoms with Crippen molar-refractivity contribution in [3.8, 4) is 5.75 Å². The van der Waals surface area contributed by atoms with E-state index in [1.165, 1.54) is 13.0 Å². The predicted molar refractivity (Wildman–Crippen MR) is 69.5 cm³/mol. The molecule has 0 fully saturated rings. The normalized spacial score (nSPS) is 10.8. The summed E-state index contributed by atoms with van der Waals surface area (Å²) >= 11 is 0. The van der Waals surface area contributed by atoms with Gasteiger partial charge in [0.2, 0.25) is 0 Å². The summed E-state index contributed by atoms with van der Waals surface area (Å²) in [5, 5.41) is 0. The first-order valence-electron chi connectivity index (χ1n) is 5.71. The second-order valence-corrected chi connectivity index (χ2v) is 3.65.